The Morgan fingerprint density at radius 1 is 1.50 bits per heavy atom. The Morgan fingerprint density at radius 3 is 3.12 bits per heavy atom. The topological polar surface area (TPSA) is 49.0 Å². The van der Waals surface area contributed by atoms with Crippen molar-refractivity contribution in [3.05, 3.63) is 20.3 Å². The molecular formula is C11H16IN3O. The van der Waals surface area contributed by atoms with Crippen molar-refractivity contribution in [3.8, 4) is 0 Å². The molecule has 1 fully saturated rings. The number of anilines is 1. The molecule has 0 radical (unpaired) electrons. The van der Waals surface area contributed by atoms with Crippen LogP contribution in [0.1, 0.15) is 32.6 Å². The lowest BCUT2D eigenvalue weighted by molar-refractivity contribution is 0.609. The lowest BCUT2D eigenvalue weighted by atomic mass is 10.1. The van der Waals surface area contributed by atoms with Crippen molar-refractivity contribution < 1.29 is 0 Å². The van der Waals surface area contributed by atoms with Gasteiger partial charge < -0.3 is 9.88 Å². The van der Waals surface area contributed by atoms with Crippen LogP contribution in [0.4, 0.5) is 5.82 Å². The van der Waals surface area contributed by atoms with Crippen molar-refractivity contribution in [1.82, 2.24) is 9.97 Å². The van der Waals surface area contributed by atoms with Crippen molar-refractivity contribution in [1.29, 1.82) is 0 Å². The molecule has 0 bridgehead atoms. The molecule has 1 aromatic heterocycles. The highest BCUT2D eigenvalue weighted by molar-refractivity contribution is 14.1. The van der Waals surface area contributed by atoms with E-state index in [-0.39, 0.29) is 5.56 Å². The van der Waals surface area contributed by atoms with Gasteiger partial charge in [0.2, 0.25) is 0 Å². The highest BCUT2D eigenvalue weighted by Crippen LogP contribution is 2.24. The summed E-state index contributed by atoms with van der Waals surface area (Å²) >= 11 is 2.08. The van der Waals surface area contributed by atoms with Gasteiger partial charge in [0.1, 0.15) is 9.39 Å². The van der Waals surface area contributed by atoms with Gasteiger partial charge in [-0.1, -0.05) is 12.8 Å². The highest BCUT2D eigenvalue weighted by Gasteiger charge is 2.21. The Hall–Kier alpha value is -0.590. The highest BCUT2D eigenvalue weighted by atomic mass is 127. The monoisotopic (exact) mass is 333 g/mol. The summed E-state index contributed by atoms with van der Waals surface area (Å²) in [7, 11) is 0. The van der Waals surface area contributed by atoms with Gasteiger partial charge in [-0.3, -0.25) is 4.79 Å². The van der Waals surface area contributed by atoms with E-state index in [1.807, 2.05) is 0 Å². The van der Waals surface area contributed by atoms with E-state index in [1.54, 1.807) is 0 Å². The maximum absolute atomic E-state index is 11.5. The lowest BCUT2D eigenvalue weighted by Gasteiger charge is -2.28. The minimum Gasteiger partial charge on any atom is -0.353 e. The van der Waals surface area contributed by atoms with Crippen LogP contribution in [-0.2, 0) is 0 Å². The molecule has 5 heteroatoms. The minimum atomic E-state index is -0.0398. The molecule has 2 heterocycles. The molecule has 88 valence electrons. The van der Waals surface area contributed by atoms with Crippen molar-refractivity contribution in [2.75, 3.05) is 11.4 Å². The molecule has 1 aromatic rings. The number of nitrogens with one attached hydrogen (secondary N) is 1. The second kappa shape index (κ2) is 5.16. The first-order chi connectivity index (χ1) is 7.70. The number of halogens is 1. The summed E-state index contributed by atoms with van der Waals surface area (Å²) in [4.78, 5) is 20.7. The first-order valence-corrected chi connectivity index (χ1v) is 6.78. The molecule has 0 saturated carbocycles. The van der Waals surface area contributed by atoms with Gasteiger partial charge in [-0.2, -0.15) is 0 Å². The van der Waals surface area contributed by atoms with Gasteiger partial charge >= 0.3 is 0 Å². The molecule has 4 nitrogen and oxygen atoms in total. The summed E-state index contributed by atoms with van der Waals surface area (Å²) < 4.78 is 0.703. The van der Waals surface area contributed by atoms with Crippen molar-refractivity contribution in [2.24, 2.45) is 0 Å². The van der Waals surface area contributed by atoms with Crippen LogP contribution < -0.4 is 10.5 Å². The quantitative estimate of drug-likeness (QED) is 0.801. The molecule has 0 spiro atoms. The molecular weight excluding hydrogens is 317 g/mol. The molecule has 1 unspecified atom stereocenters. The molecule has 1 atom stereocenters. The first-order valence-electron chi connectivity index (χ1n) is 5.70. The van der Waals surface area contributed by atoms with Crippen LogP contribution in [0.3, 0.4) is 0 Å². The molecule has 0 aliphatic carbocycles. The SMILES string of the molecule is CC1CCCCCN1c1nc[nH]c(=O)c1I. The number of hydrogen-bond acceptors (Lipinski definition) is 3. The normalized spacial score (nSPS) is 21.9. The van der Waals surface area contributed by atoms with E-state index in [0.717, 1.165) is 12.4 Å². The van der Waals surface area contributed by atoms with E-state index in [4.69, 9.17) is 0 Å². The summed E-state index contributed by atoms with van der Waals surface area (Å²) in [6, 6.07) is 0.477. The Bertz CT molecular complexity index is 418. The summed E-state index contributed by atoms with van der Waals surface area (Å²) in [6.07, 6.45) is 6.43. The van der Waals surface area contributed by atoms with Gasteiger partial charge in [0.05, 0.1) is 6.33 Å². The second-order valence-corrected chi connectivity index (χ2v) is 5.34. The Balaban J connectivity index is 2.34. The lowest BCUT2D eigenvalue weighted by Crippen LogP contribution is -2.35. The average Bonchev–Trinajstić information content (AvgIpc) is 2.47. The number of hydrogen-bond donors (Lipinski definition) is 1. The van der Waals surface area contributed by atoms with Crippen molar-refractivity contribution >= 4 is 28.4 Å². The second-order valence-electron chi connectivity index (χ2n) is 4.26. The number of H-pyrrole nitrogens is 1. The molecule has 0 aromatic carbocycles. The first kappa shape index (κ1) is 11.9. The van der Waals surface area contributed by atoms with E-state index in [0.29, 0.717) is 9.61 Å². The maximum Gasteiger partial charge on any atom is 0.266 e. The number of nitrogens with zero attached hydrogens (tertiary/aromatic N) is 2. The number of rotatable bonds is 1. The predicted molar refractivity (Wildman–Crippen MR) is 72.9 cm³/mol. The third kappa shape index (κ3) is 2.39. The van der Waals surface area contributed by atoms with E-state index in [2.05, 4.69) is 44.4 Å². The minimum absolute atomic E-state index is 0.0398. The fourth-order valence-corrected chi connectivity index (χ4v) is 2.77. The Kier molecular flexibility index (Phi) is 3.83. The third-order valence-electron chi connectivity index (χ3n) is 3.10. The van der Waals surface area contributed by atoms with E-state index in [1.165, 1.54) is 32.0 Å². The summed E-state index contributed by atoms with van der Waals surface area (Å²) in [5, 5.41) is 0. The molecule has 1 aliphatic rings. The molecule has 2 rings (SSSR count). The smallest absolute Gasteiger partial charge is 0.266 e. The van der Waals surface area contributed by atoms with Crippen molar-refractivity contribution in [2.45, 2.75) is 38.6 Å². The summed E-state index contributed by atoms with van der Waals surface area (Å²) in [5.74, 6) is 0.846. The summed E-state index contributed by atoms with van der Waals surface area (Å²) in [6.45, 7) is 3.22. The molecule has 1 N–H and O–H groups in total. The number of aromatic amines is 1. The van der Waals surface area contributed by atoms with Crippen LogP contribution in [0, 0.1) is 3.57 Å². The van der Waals surface area contributed by atoms with E-state index in [9.17, 15) is 4.79 Å². The fourth-order valence-electron chi connectivity index (χ4n) is 2.16. The zero-order valence-corrected chi connectivity index (χ0v) is 11.5. The van der Waals surface area contributed by atoms with E-state index >= 15 is 0 Å². The zero-order valence-electron chi connectivity index (χ0n) is 9.37. The fraction of sp³-hybridized carbons (Fsp3) is 0.636. The Labute approximate surface area is 109 Å². The van der Waals surface area contributed by atoms with Crippen molar-refractivity contribution in [3.63, 3.8) is 0 Å². The predicted octanol–water partition coefficient (Wildman–Crippen LogP) is 2.14. The van der Waals surface area contributed by atoms with Gasteiger partial charge in [0.15, 0.2) is 0 Å². The van der Waals surface area contributed by atoms with Gasteiger partial charge in [-0.25, -0.2) is 4.98 Å². The van der Waals surface area contributed by atoms with Crippen LogP contribution in [0.15, 0.2) is 11.1 Å². The van der Waals surface area contributed by atoms with Crippen LogP contribution in [0.2, 0.25) is 0 Å². The zero-order chi connectivity index (χ0) is 11.5. The molecule has 0 amide bonds. The third-order valence-corrected chi connectivity index (χ3v) is 4.08. The van der Waals surface area contributed by atoms with Crippen LogP contribution in [0.5, 0.6) is 0 Å². The molecule has 16 heavy (non-hydrogen) atoms. The number of aromatic nitrogens is 2. The average molecular weight is 333 g/mol. The Morgan fingerprint density at radius 2 is 2.31 bits per heavy atom. The molecule has 1 saturated heterocycles. The largest absolute Gasteiger partial charge is 0.353 e. The maximum atomic E-state index is 11.5. The summed E-state index contributed by atoms with van der Waals surface area (Å²) in [5.41, 5.74) is -0.0398. The van der Waals surface area contributed by atoms with Gasteiger partial charge in [-0.15, -0.1) is 0 Å². The molecule has 1 aliphatic heterocycles. The van der Waals surface area contributed by atoms with Crippen LogP contribution in [-0.4, -0.2) is 22.6 Å². The van der Waals surface area contributed by atoms with Gasteiger partial charge in [0.25, 0.3) is 5.56 Å². The van der Waals surface area contributed by atoms with Crippen LogP contribution >= 0.6 is 22.6 Å². The van der Waals surface area contributed by atoms with Gasteiger partial charge in [-0.05, 0) is 42.4 Å². The van der Waals surface area contributed by atoms with Gasteiger partial charge in [0, 0.05) is 12.6 Å². The standard InChI is InChI=1S/C11H16IN3O/c1-8-5-3-2-4-6-15(8)10-9(12)11(16)14-7-13-10/h7-8H,2-6H2,1H3,(H,13,14,16). The van der Waals surface area contributed by atoms with E-state index < -0.39 is 0 Å². The van der Waals surface area contributed by atoms with Crippen LogP contribution in [0.25, 0.3) is 0 Å².